The van der Waals surface area contributed by atoms with Crippen LogP contribution >= 0.6 is 11.8 Å². The Balaban J connectivity index is 2.68. The molecule has 0 aromatic heterocycles. The first-order valence-corrected chi connectivity index (χ1v) is 7.05. The minimum atomic E-state index is 0.700. The summed E-state index contributed by atoms with van der Waals surface area (Å²) in [6.07, 6.45) is 3.05. The van der Waals surface area contributed by atoms with Crippen LogP contribution < -0.4 is 4.74 Å². The summed E-state index contributed by atoms with van der Waals surface area (Å²) in [4.78, 5) is 0. The summed E-state index contributed by atoms with van der Waals surface area (Å²) in [5.74, 6) is 1.88. The Morgan fingerprint density at radius 3 is 2.82 bits per heavy atom. The predicted octanol–water partition coefficient (Wildman–Crippen LogP) is 3.79. The third-order valence-corrected chi connectivity index (χ3v) is 3.21. The van der Waals surface area contributed by atoms with Crippen LogP contribution in [0, 0.1) is 10.7 Å². The van der Waals surface area contributed by atoms with Crippen LogP contribution in [0.5, 0.6) is 5.75 Å². The summed E-state index contributed by atoms with van der Waals surface area (Å²) in [7, 11) is 0. The molecule has 0 bridgehead atoms. The van der Waals surface area contributed by atoms with Crippen molar-refractivity contribution < 1.29 is 4.74 Å². The van der Waals surface area contributed by atoms with Crippen molar-refractivity contribution in [3.05, 3.63) is 29.3 Å². The highest BCUT2D eigenvalue weighted by molar-refractivity contribution is 8.03. The van der Waals surface area contributed by atoms with Crippen molar-refractivity contribution in [1.29, 1.82) is 5.26 Å². The van der Waals surface area contributed by atoms with Crippen molar-refractivity contribution in [2.24, 2.45) is 0 Å². The molecular formula is C14H19NOS. The zero-order valence-corrected chi connectivity index (χ0v) is 11.3. The number of thiocyanates is 1. The number of nitriles is 1. The van der Waals surface area contributed by atoms with Crippen molar-refractivity contribution in [3.63, 3.8) is 0 Å². The smallest absolute Gasteiger partial charge is 0.133 e. The van der Waals surface area contributed by atoms with Crippen molar-refractivity contribution in [2.45, 2.75) is 33.1 Å². The average molecular weight is 249 g/mol. The molecule has 0 aliphatic heterocycles. The monoisotopic (exact) mass is 249 g/mol. The lowest BCUT2D eigenvalue weighted by Crippen LogP contribution is -1.98. The van der Waals surface area contributed by atoms with Crippen LogP contribution in [0.3, 0.4) is 0 Å². The molecule has 2 nitrogen and oxygen atoms in total. The van der Waals surface area contributed by atoms with Gasteiger partial charge in [0, 0.05) is 5.75 Å². The van der Waals surface area contributed by atoms with E-state index in [0.717, 1.165) is 30.8 Å². The number of aryl methyl sites for hydroxylation is 2. The molecular weight excluding hydrogens is 230 g/mol. The molecule has 17 heavy (non-hydrogen) atoms. The summed E-state index contributed by atoms with van der Waals surface area (Å²) < 4.78 is 5.62. The van der Waals surface area contributed by atoms with Crippen LogP contribution in [0.25, 0.3) is 0 Å². The zero-order valence-electron chi connectivity index (χ0n) is 10.5. The van der Waals surface area contributed by atoms with Gasteiger partial charge in [-0.25, -0.2) is 0 Å². The van der Waals surface area contributed by atoms with Crippen LogP contribution in [-0.2, 0) is 12.8 Å². The number of benzene rings is 1. The van der Waals surface area contributed by atoms with Gasteiger partial charge in [0.2, 0.25) is 0 Å². The van der Waals surface area contributed by atoms with E-state index in [9.17, 15) is 0 Å². The van der Waals surface area contributed by atoms with Crippen LogP contribution in [-0.4, -0.2) is 12.4 Å². The molecule has 0 radical (unpaired) electrons. The summed E-state index contributed by atoms with van der Waals surface area (Å²) in [5.41, 5.74) is 2.61. The van der Waals surface area contributed by atoms with Gasteiger partial charge in [0.05, 0.1) is 6.61 Å². The van der Waals surface area contributed by atoms with E-state index in [4.69, 9.17) is 10.00 Å². The third kappa shape index (κ3) is 4.70. The standard InChI is InChI=1S/C14H19NOS/c1-3-12-7-8-14(16-4-2)13(10-12)6-5-9-17-11-15/h7-8,10H,3-6,9H2,1-2H3. The lowest BCUT2D eigenvalue weighted by Gasteiger charge is -2.11. The van der Waals surface area contributed by atoms with E-state index in [0.29, 0.717) is 6.61 Å². The molecule has 0 heterocycles. The number of nitrogens with zero attached hydrogens (tertiary/aromatic N) is 1. The molecule has 1 rings (SSSR count). The lowest BCUT2D eigenvalue weighted by molar-refractivity contribution is 0.336. The summed E-state index contributed by atoms with van der Waals surface area (Å²) in [6.45, 7) is 4.86. The van der Waals surface area contributed by atoms with Crippen molar-refractivity contribution in [2.75, 3.05) is 12.4 Å². The quantitative estimate of drug-likeness (QED) is 0.544. The number of hydrogen-bond donors (Lipinski definition) is 0. The second-order valence-electron chi connectivity index (χ2n) is 3.77. The van der Waals surface area contributed by atoms with Gasteiger partial charge in [-0.1, -0.05) is 19.1 Å². The molecule has 0 saturated heterocycles. The molecule has 0 N–H and O–H groups in total. The minimum Gasteiger partial charge on any atom is -0.494 e. The van der Waals surface area contributed by atoms with Gasteiger partial charge >= 0.3 is 0 Å². The number of hydrogen-bond acceptors (Lipinski definition) is 3. The molecule has 0 spiro atoms. The van der Waals surface area contributed by atoms with Crippen LogP contribution in [0.2, 0.25) is 0 Å². The Bertz CT molecular complexity index is 384. The number of thioether (sulfide) groups is 1. The predicted molar refractivity (Wildman–Crippen MR) is 73.4 cm³/mol. The first kappa shape index (κ1) is 13.9. The van der Waals surface area contributed by atoms with Crippen LogP contribution in [0.4, 0.5) is 0 Å². The third-order valence-electron chi connectivity index (χ3n) is 2.59. The number of ether oxygens (including phenoxy) is 1. The van der Waals surface area contributed by atoms with E-state index in [2.05, 4.69) is 30.5 Å². The highest BCUT2D eigenvalue weighted by Crippen LogP contribution is 2.22. The first-order valence-electron chi connectivity index (χ1n) is 6.07. The molecule has 1 aromatic rings. The SMILES string of the molecule is CCOc1ccc(CC)cc1CCCSC#N. The van der Waals surface area contributed by atoms with E-state index in [1.807, 2.05) is 6.92 Å². The molecule has 0 saturated carbocycles. The molecule has 0 aliphatic rings. The maximum atomic E-state index is 8.47. The highest BCUT2D eigenvalue weighted by atomic mass is 32.2. The fraction of sp³-hybridized carbons (Fsp3) is 0.500. The molecule has 0 amide bonds. The fourth-order valence-corrected chi connectivity index (χ4v) is 2.10. The fourth-order valence-electron chi connectivity index (χ4n) is 1.72. The topological polar surface area (TPSA) is 33.0 Å². The van der Waals surface area contributed by atoms with E-state index < -0.39 is 0 Å². The van der Waals surface area contributed by atoms with Gasteiger partial charge in [0.15, 0.2) is 0 Å². The molecule has 0 fully saturated rings. The molecule has 1 aromatic carbocycles. The van der Waals surface area contributed by atoms with Crippen LogP contribution in [0.15, 0.2) is 18.2 Å². The normalized spacial score (nSPS) is 9.94. The maximum Gasteiger partial charge on any atom is 0.133 e. The Morgan fingerprint density at radius 1 is 1.35 bits per heavy atom. The Labute approximate surface area is 108 Å². The van der Waals surface area contributed by atoms with E-state index in [-0.39, 0.29) is 0 Å². The average Bonchev–Trinajstić information content (AvgIpc) is 2.36. The van der Waals surface area contributed by atoms with Gasteiger partial charge in [-0.05, 0) is 55.1 Å². The summed E-state index contributed by atoms with van der Waals surface area (Å²) in [6, 6.07) is 6.41. The zero-order chi connectivity index (χ0) is 12.5. The Kier molecular flexibility index (Phi) is 6.57. The molecule has 3 heteroatoms. The van der Waals surface area contributed by atoms with Crippen LogP contribution in [0.1, 0.15) is 31.4 Å². The Morgan fingerprint density at radius 2 is 2.18 bits per heavy atom. The van der Waals surface area contributed by atoms with Gasteiger partial charge in [-0.3, -0.25) is 0 Å². The summed E-state index contributed by atoms with van der Waals surface area (Å²) >= 11 is 1.32. The van der Waals surface area contributed by atoms with Gasteiger partial charge in [-0.2, -0.15) is 5.26 Å². The second kappa shape index (κ2) is 8.03. The maximum absolute atomic E-state index is 8.47. The largest absolute Gasteiger partial charge is 0.494 e. The van der Waals surface area contributed by atoms with E-state index >= 15 is 0 Å². The van der Waals surface area contributed by atoms with Crippen molar-refractivity contribution >= 4 is 11.8 Å². The molecule has 0 aliphatic carbocycles. The second-order valence-corrected chi connectivity index (χ2v) is 4.65. The molecule has 92 valence electrons. The molecule has 0 unspecified atom stereocenters. The van der Waals surface area contributed by atoms with Gasteiger partial charge < -0.3 is 4.74 Å². The first-order chi connectivity index (χ1) is 8.31. The highest BCUT2D eigenvalue weighted by Gasteiger charge is 2.04. The van der Waals surface area contributed by atoms with Gasteiger partial charge in [0.25, 0.3) is 0 Å². The van der Waals surface area contributed by atoms with Gasteiger partial charge in [0.1, 0.15) is 11.2 Å². The van der Waals surface area contributed by atoms with E-state index in [1.165, 1.54) is 22.9 Å². The lowest BCUT2D eigenvalue weighted by atomic mass is 10.0. The number of rotatable bonds is 7. The van der Waals surface area contributed by atoms with Crippen molar-refractivity contribution in [1.82, 2.24) is 0 Å². The minimum absolute atomic E-state index is 0.700. The van der Waals surface area contributed by atoms with E-state index in [1.54, 1.807) is 0 Å². The van der Waals surface area contributed by atoms with Gasteiger partial charge in [-0.15, -0.1) is 0 Å². The molecule has 0 atom stereocenters. The Hall–Kier alpha value is -1.14. The van der Waals surface area contributed by atoms with Crippen molar-refractivity contribution in [3.8, 4) is 11.2 Å². The summed E-state index contributed by atoms with van der Waals surface area (Å²) in [5, 5.41) is 10.6.